The molecule has 0 amide bonds. The number of halogens is 23. The maximum Gasteiger partial charge on any atom is 0.411 e. The van der Waals surface area contributed by atoms with Gasteiger partial charge in [0.25, 0.3) is 41.5 Å². The lowest BCUT2D eigenvalue weighted by atomic mass is 9.72. The quantitative estimate of drug-likeness (QED) is 0.0927. The Kier molecular flexibility index (Phi) is 15.3. The minimum Gasteiger partial charge on any atom is -0.473 e. The Balaban J connectivity index is 1.21. The van der Waals surface area contributed by atoms with E-state index in [0.29, 0.717) is 36.4 Å². The van der Waals surface area contributed by atoms with Crippen LogP contribution >= 0.6 is 0 Å². The van der Waals surface area contributed by atoms with Crippen LogP contribution < -0.4 is 19.3 Å². The molecular formula is C47H39F23N2O2. The van der Waals surface area contributed by atoms with E-state index in [9.17, 15) is 74.6 Å². The summed E-state index contributed by atoms with van der Waals surface area (Å²) in [6.07, 6.45) is -35.2. The number of benzene rings is 4. The van der Waals surface area contributed by atoms with Gasteiger partial charge >= 0.3 is 18.5 Å². The van der Waals surface area contributed by atoms with E-state index >= 15 is 26.3 Å². The number of fused-ring (bicyclic) bond motifs is 2. The van der Waals surface area contributed by atoms with Crippen LogP contribution in [0.15, 0.2) is 84.9 Å². The molecule has 0 N–H and O–H groups in total. The van der Waals surface area contributed by atoms with Gasteiger partial charge in [0, 0.05) is 47.6 Å². The third kappa shape index (κ3) is 13.8. The summed E-state index contributed by atoms with van der Waals surface area (Å²) in [6, 6.07) is 10.9. The van der Waals surface area contributed by atoms with Crippen LogP contribution in [0.2, 0.25) is 0 Å². The lowest BCUT2D eigenvalue weighted by Crippen LogP contribution is -2.55. The molecule has 0 atom stereocenters. The number of rotatable bonds is 18. The molecule has 4 nitrogen and oxygen atoms in total. The third-order valence-corrected chi connectivity index (χ3v) is 11.8. The van der Waals surface area contributed by atoms with Crippen molar-refractivity contribution >= 4 is 11.4 Å². The summed E-state index contributed by atoms with van der Waals surface area (Å²) in [7, 11) is 0. The van der Waals surface area contributed by atoms with Crippen LogP contribution in [0.1, 0.15) is 78.8 Å². The molecule has 4 aromatic rings. The maximum atomic E-state index is 15.4. The van der Waals surface area contributed by atoms with Crippen LogP contribution in [0, 0.1) is 0 Å². The van der Waals surface area contributed by atoms with Gasteiger partial charge in [-0.2, -0.15) is 39.5 Å². The number of hydrogen-bond acceptors (Lipinski definition) is 4. The summed E-state index contributed by atoms with van der Waals surface area (Å²) >= 11 is 0. The van der Waals surface area contributed by atoms with Gasteiger partial charge in [-0.25, -0.2) is 61.5 Å². The Morgan fingerprint density at radius 1 is 0.405 bits per heavy atom. The second-order valence-corrected chi connectivity index (χ2v) is 18.5. The molecule has 0 bridgehead atoms. The summed E-state index contributed by atoms with van der Waals surface area (Å²) in [5, 5.41) is 0. The normalized spacial score (nSPS) is 15.9. The smallest absolute Gasteiger partial charge is 0.411 e. The van der Waals surface area contributed by atoms with Crippen molar-refractivity contribution in [2.75, 3.05) is 23.3 Å². The number of ether oxygens (including phenoxy) is 2. The van der Waals surface area contributed by atoms with Gasteiger partial charge in [0.2, 0.25) is 5.41 Å². The van der Waals surface area contributed by atoms with Crippen LogP contribution in [0.3, 0.4) is 0 Å². The highest BCUT2D eigenvalue weighted by Crippen LogP contribution is 2.58. The van der Waals surface area contributed by atoms with E-state index in [0.717, 1.165) is 53.4 Å². The Morgan fingerprint density at radius 3 is 1.18 bits per heavy atom. The SMILES string of the molecule is CC(F)(F)CC(F)(F)CC(F)(F)CC(F)(F)c1ccc(N2COc3ccc(C(c4ccc5c(c4)CN(c4ccc(CC(F)(F)CC(F)(F)CC(F)(F)CC(F)(F)F)cc4)CO5)(C(F)(F)F)C(F)(F)F)cc3C2)cc1. The van der Waals surface area contributed by atoms with Crippen LogP contribution in [-0.4, -0.2) is 67.5 Å². The summed E-state index contributed by atoms with van der Waals surface area (Å²) < 4.78 is 338. The zero-order chi connectivity index (χ0) is 55.5. The standard InChI is InChI=1S/C47H39F23N2O2/c1-37(48,49)19-39(52,53)21-41(56,57)23-43(60,61)30-4-10-34(11-5-30)72-18-29-15-32(7-13-36(29)74-26-72)45(46(65,66)67,47(68,69)70)31-6-12-35-28(14-31)17-71(25-73-35)33-8-2-27(3-9-33)16-38(50,51)20-40(54,55)22-42(58,59)24-44(62,63)64/h2-15H,16-26H2,1H3. The monoisotopic (exact) mass is 1100 g/mol. The van der Waals surface area contributed by atoms with E-state index in [1.54, 1.807) is 0 Å². The van der Waals surface area contributed by atoms with Crippen LogP contribution in [0.5, 0.6) is 11.5 Å². The molecule has 0 aliphatic carbocycles. The van der Waals surface area contributed by atoms with Gasteiger partial charge in [0.1, 0.15) is 17.9 Å². The van der Waals surface area contributed by atoms with Crippen LogP contribution in [0.25, 0.3) is 0 Å². The van der Waals surface area contributed by atoms with E-state index in [-0.39, 0.29) is 46.5 Å². The first-order valence-corrected chi connectivity index (χ1v) is 21.6. The first-order valence-electron chi connectivity index (χ1n) is 21.6. The zero-order valence-corrected chi connectivity index (χ0v) is 37.8. The molecule has 2 aliphatic heterocycles. The first-order chi connectivity index (χ1) is 33.5. The van der Waals surface area contributed by atoms with E-state index < -0.39 is 154 Å². The van der Waals surface area contributed by atoms with Crippen molar-refractivity contribution in [1.82, 2.24) is 0 Å². The van der Waals surface area contributed by atoms with E-state index in [1.165, 1.54) is 4.90 Å². The highest BCUT2D eigenvalue weighted by molar-refractivity contribution is 5.57. The molecule has 6 rings (SSSR count). The molecule has 0 saturated heterocycles. The van der Waals surface area contributed by atoms with Crippen molar-refractivity contribution in [3.05, 3.63) is 118 Å². The topological polar surface area (TPSA) is 24.9 Å². The minimum atomic E-state index is -6.15. The molecule has 0 spiro atoms. The summed E-state index contributed by atoms with van der Waals surface area (Å²) in [5.74, 6) is -33.0. The van der Waals surface area contributed by atoms with Crippen molar-refractivity contribution in [2.45, 2.75) is 130 Å². The van der Waals surface area contributed by atoms with Gasteiger partial charge in [-0.1, -0.05) is 36.4 Å². The van der Waals surface area contributed by atoms with Crippen LogP contribution in [-0.2, 0) is 30.8 Å². The molecule has 2 heterocycles. The predicted octanol–water partition coefficient (Wildman–Crippen LogP) is 16.2. The van der Waals surface area contributed by atoms with Crippen molar-refractivity contribution in [1.29, 1.82) is 0 Å². The number of anilines is 2. The predicted molar refractivity (Wildman–Crippen MR) is 219 cm³/mol. The molecule has 74 heavy (non-hydrogen) atoms. The molecule has 0 fully saturated rings. The van der Waals surface area contributed by atoms with Crippen molar-refractivity contribution in [2.24, 2.45) is 0 Å². The summed E-state index contributed by atoms with van der Waals surface area (Å²) in [5.41, 5.74) is -9.63. The van der Waals surface area contributed by atoms with Gasteiger partial charge in [0.05, 0.1) is 32.1 Å². The van der Waals surface area contributed by atoms with Gasteiger partial charge in [-0.05, 0) is 72.1 Å². The third-order valence-electron chi connectivity index (χ3n) is 11.8. The number of alkyl halides is 23. The van der Waals surface area contributed by atoms with Gasteiger partial charge in [-0.3, -0.25) is 0 Å². The Hall–Kier alpha value is -5.53. The van der Waals surface area contributed by atoms with E-state index in [1.807, 2.05) is 0 Å². The van der Waals surface area contributed by atoms with Crippen molar-refractivity contribution < 1.29 is 110 Å². The second kappa shape index (κ2) is 19.6. The lowest BCUT2D eigenvalue weighted by molar-refractivity contribution is -0.288. The Bertz CT molecular complexity index is 2570. The number of nitrogens with zero attached hydrogens (tertiary/aromatic N) is 2. The number of hydrogen-bond donors (Lipinski definition) is 0. The fourth-order valence-corrected chi connectivity index (χ4v) is 8.93. The summed E-state index contributed by atoms with van der Waals surface area (Å²) in [6.45, 7) is -1.86. The fraction of sp³-hybridized carbons (Fsp3) is 0.489. The molecule has 0 aromatic heterocycles. The van der Waals surface area contributed by atoms with Gasteiger partial charge in [0.15, 0.2) is 13.5 Å². The molecule has 410 valence electrons. The highest BCUT2D eigenvalue weighted by Gasteiger charge is 2.73. The molecule has 2 aliphatic rings. The molecule has 0 radical (unpaired) electrons. The zero-order valence-electron chi connectivity index (χ0n) is 37.8. The van der Waals surface area contributed by atoms with E-state index in [2.05, 4.69) is 0 Å². The fourth-order valence-electron chi connectivity index (χ4n) is 8.93. The maximum absolute atomic E-state index is 15.4. The lowest BCUT2D eigenvalue weighted by Gasteiger charge is -2.40. The largest absolute Gasteiger partial charge is 0.473 e. The molecule has 0 saturated carbocycles. The minimum absolute atomic E-state index is 0.0298. The highest BCUT2D eigenvalue weighted by atomic mass is 19.4. The van der Waals surface area contributed by atoms with E-state index in [4.69, 9.17) is 9.47 Å². The molecule has 0 unspecified atom stereocenters. The van der Waals surface area contributed by atoms with Gasteiger partial charge in [-0.15, -0.1) is 0 Å². The van der Waals surface area contributed by atoms with Crippen molar-refractivity contribution in [3.8, 4) is 11.5 Å². The Labute approximate surface area is 405 Å². The molecule has 27 heteroatoms. The second-order valence-electron chi connectivity index (χ2n) is 18.5. The van der Waals surface area contributed by atoms with Crippen molar-refractivity contribution in [3.63, 3.8) is 0 Å². The average Bonchev–Trinajstić information content (AvgIpc) is 3.19. The first kappa shape index (κ1) is 57.7. The summed E-state index contributed by atoms with van der Waals surface area (Å²) in [4.78, 5) is 2.37. The average molecular weight is 1100 g/mol. The Morgan fingerprint density at radius 2 is 0.770 bits per heavy atom. The van der Waals surface area contributed by atoms with Gasteiger partial charge < -0.3 is 19.3 Å². The molecule has 4 aromatic carbocycles. The van der Waals surface area contributed by atoms with Crippen LogP contribution in [0.4, 0.5) is 112 Å². The molecular weight excluding hydrogens is 1060 g/mol.